The molecule has 8 aliphatic rings. The maximum absolute atomic E-state index is 12.3. The SMILES string of the molecule is C[C@]12CCC(=O)C=C1CC[C@@H]1[C@@H]2[C@@H](O)C[C@]2(CO)[C@@H](C(=O)CO)CC[C@@H]12.C[C@]12CCC(=O)C=C1CC[C@@H]1[C@@H]2[C@@H](O)C[C@]2(CO)[C@@H](C(=O)CO)CC[C@@H]12. The Labute approximate surface area is 307 Å². The first kappa shape index (κ1) is 38.2. The molecule has 0 spiro atoms. The smallest absolute Gasteiger partial charge is 0.161 e. The Morgan fingerprint density at radius 2 is 1.00 bits per heavy atom. The van der Waals surface area contributed by atoms with Gasteiger partial charge in [-0.25, -0.2) is 0 Å². The molecule has 6 N–H and O–H groups in total. The van der Waals surface area contributed by atoms with Crippen LogP contribution in [0.25, 0.3) is 0 Å². The predicted octanol–water partition coefficient (Wildman–Crippen LogP) is 3.28. The van der Waals surface area contributed by atoms with Crippen molar-refractivity contribution < 1.29 is 49.8 Å². The lowest BCUT2D eigenvalue weighted by Gasteiger charge is -2.60. The highest BCUT2D eigenvalue weighted by molar-refractivity contribution is 5.92. The van der Waals surface area contributed by atoms with E-state index < -0.39 is 36.3 Å². The summed E-state index contributed by atoms with van der Waals surface area (Å²) in [5.41, 5.74) is 0.872. The molecule has 0 aromatic rings. The van der Waals surface area contributed by atoms with Crippen LogP contribution >= 0.6 is 0 Å². The maximum Gasteiger partial charge on any atom is 0.161 e. The highest BCUT2D eigenvalue weighted by Crippen LogP contribution is 2.68. The van der Waals surface area contributed by atoms with Crippen molar-refractivity contribution in [2.75, 3.05) is 26.4 Å². The normalized spacial score (nSPS) is 47.6. The highest BCUT2D eigenvalue weighted by atomic mass is 16.3. The molecule has 10 nitrogen and oxygen atoms in total. The van der Waals surface area contributed by atoms with Crippen LogP contribution in [0.5, 0.6) is 0 Å². The van der Waals surface area contributed by atoms with Gasteiger partial charge in [0.25, 0.3) is 0 Å². The minimum absolute atomic E-state index is 0.0863. The maximum atomic E-state index is 12.3. The van der Waals surface area contributed by atoms with Gasteiger partial charge in [-0.1, -0.05) is 25.0 Å². The number of hydrogen-bond acceptors (Lipinski definition) is 10. The number of carbonyl (C=O) groups excluding carboxylic acids is 4. The van der Waals surface area contributed by atoms with Crippen molar-refractivity contribution in [2.45, 2.75) is 116 Å². The molecule has 10 heteroatoms. The van der Waals surface area contributed by atoms with E-state index in [4.69, 9.17) is 0 Å². The summed E-state index contributed by atoms with van der Waals surface area (Å²) in [5.74, 6) is 0.403. The summed E-state index contributed by atoms with van der Waals surface area (Å²) in [6, 6.07) is 0. The Kier molecular flexibility index (Phi) is 10.2. The van der Waals surface area contributed by atoms with E-state index in [2.05, 4.69) is 13.8 Å². The average molecular weight is 725 g/mol. The molecule has 52 heavy (non-hydrogen) atoms. The molecule has 0 amide bonds. The van der Waals surface area contributed by atoms with Gasteiger partial charge in [0.05, 0.1) is 12.2 Å². The first-order valence-corrected chi connectivity index (χ1v) is 20.1. The van der Waals surface area contributed by atoms with Gasteiger partial charge < -0.3 is 30.6 Å². The fourth-order valence-corrected chi connectivity index (χ4v) is 14.7. The first-order valence-electron chi connectivity index (χ1n) is 20.1. The van der Waals surface area contributed by atoms with Crippen molar-refractivity contribution in [1.29, 1.82) is 0 Å². The highest BCUT2D eigenvalue weighted by Gasteiger charge is 2.66. The van der Waals surface area contributed by atoms with Gasteiger partial charge >= 0.3 is 0 Å². The number of hydrogen-bond donors (Lipinski definition) is 6. The summed E-state index contributed by atoms with van der Waals surface area (Å²) in [7, 11) is 0. The van der Waals surface area contributed by atoms with E-state index in [1.54, 1.807) is 0 Å². The van der Waals surface area contributed by atoms with E-state index in [1.807, 2.05) is 12.2 Å². The first-order chi connectivity index (χ1) is 24.7. The molecule has 0 saturated heterocycles. The number of Topliss-reactive ketones (excluding diaryl/α,β-unsaturated/α-hetero) is 2. The van der Waals surface area contributed by atoms with Crippen molar-refractivity contribution in [1.82, 2.24) is 0 Å². The number of allylic oxidation sites excluding steroid dienone is 2. The van der Waals surface area contributed by atoms with Gasteiger partial charge in [-0.3, -0.25) is 19.2 Å². The molecule has 6 saturated carbocycles. The lowest BCUT2D eigenvalue weighted by Crippen LogP contribution is -2.59. The monoisotopic (exact) mass is 724 g/mol. The number of ketones is 4. The third-order valence-electron chi connectivity index (χ3n) is 16.9. The molecule has 6 fully saturated rings. The molecule has 0 bridgehead atoms. The second kappa shape index (κ2) is 13.9. The van der Waals surface area contributed by atoms with Gasteiger partial charge in [0.2, 0.25) is 0 Å². The fraction of sp³-hybridized carbons (Fsp3) is 0.810. The quantitative estimate of drug-likeness (QED) is 0.237. The van der Waals surface area contributed by atoms with Crippen molar-refractivity contribution in [3.05, 3.63) is 23.3 Å². The summed E-state index contributed by atoms with van der Waals surface area (Å²) < 4.78 is 0. The zero-order chi connectivity index (χ0) is 37.4. The van der Waals surface area contributed by atoms with Crippen LogP contribution in [-0.4, -0.2) is 92.4 Å². The molecule has 288 valence electrons. The zero-order valence-corrected chi connectivity index (χ0v) is 31.0. The predicted molar refractivity (Wildman–Crippen MR) is 190 cm³/mol. The summed E-state index contributed by atoms with van der Waals surface area (Å²) >= 11 is 0. The Bertz CT molecular complexity index is 1420. The van der Waals surface area contributed by atoms with Crippen LogP contribution in [0.4, 0.5) is 0 Å². The van der Waals surface area contributed by atoms with E-state index in [0.29, 0.717) is 38.5 Å². The number of fused-ring (bicyclic) bond motifs is 10. The summed E-state index contributed by atoms with van der Waals surface area (Å²) in [5, 5.41) is 61.8. The molecule has 0 radical (unpaired) electrons. The van der Waals surface area contributed by atoms with Crippen molar-refractivity contribution in [2.24, 2.45) is 69.0 Å². The summed E-state index contributed by atoms with van der Waals surface area (Å²) in [6.07, 6.45) is 12.6. The molecule has 8 rings (SSSR count). The topological polar surface area (TPSA) is 190 Å². The van der Waals surface area contributed by atoms with Gasteiger partial charge in [-0.15, -0.1) is 0 Å². The summed E-state index contributed by atoms with van der Waals surface area (Å²) in [4.78, 5) is 48.5. The molecular weight excluding hydrogens is 664 g/mol. The van der Waals surface area contributed by atoms with Gasteiger partial charge in [0.15, 0.2) is 23.1 Å². The zero-order valence-electron chi connectivity index (χ0n) is 31.0. The van der Waals surface area contributed by atoms with Crippen molar-refractivity contribution >= 4 is 23.1 Å². The molecule has 0 heterocycles. The Morgan fingerprint density at radius 3 is 1.35 bits per heavy atom. The van der Waals surface area contributed by atoms with Gasteiger partial charge in [-0.05, 0) is 136 Å². The van der Waals surface area contributed by atoms with E-state index in [0.717, 1.165) is 51.4 Å². The largest absolute Gasteiger partial charge is 0.396 e. The second-order valence-electron chi connectivity index (χ2n) is 18.6. The van der Waals surface area contributed by atoms with Gasteiger partial charge in [0.1, 0.15) is 13.2 Å². The Morgan fingerprint density at radius 1 is 0.615 bits per heavy atom. The third-order valence-corrected chi connectivity index (χ3v) is 16.9. The lowest BCUT2D eigenvalue weighted by molar-refractivity contribution is -0.159. The molecular formula is C42H60O10. The van der Waals surface area contributed by atoms with Gasteiger partial charge in [-0.2, -0.15) is 0 Å². The van der Waals surface area contributed by atoms with Crippen LogP contribution in [0.1, 0.15) is 104 Å². The Hall–Kier alpha value is -2.08. The van der Waals surface area contributed by atoms with Crippen LogP contribution in [0, 0.1) is 69.0 Å². The minimum Gasteiger partial charge on any atom is -0.396 e. The lowest BCUT2D eigenvalue weighted by atomic mass is 9.45. The fourth-order valence-electron chi connectivity index (χ4n) is 14.7. The molecule has 0 aliphatic heterocycles. The van der Waals surface area contributed by atoms with Crippen LogP contribution < -0.4 is 0 Å². The van der Waals surface area contributed by atoms with E-state index >= 15 is 0 Å². The third kappa shape index (κ3) is 5.55. The second-order valence-corrected chi connectivity index (χ2v) is 18.6. The number of rotatable bonds is 6. The molecule has 0 unspecified atom stereocenters. The number of aliphatic hydroxyl groups is 6. The summed E-state index contributed by atoms with van der Waals surface area (Å²) in [6.45, 7) is 3.20. The van der Waals surface area contributed by atoms with E-state index in [1.165, 1.54) is 11.1 Å². The number of carbonyl (C=O) groups is 4. The Balaban J connectivity index is 0.000000162. The molecule has 8 aliphatic carbocycles. The van der Waals surface area contributed by atoms with Crippen LogP contribution in [0.15, 0.2) is 23.3 Å². The molecule has 0 aromatic heterocycles. The van der Waals surface area contributed by atoms with Gasteiger partial charge in [0, 0.05) is 48.7 Å². The van der Waals surface area contributed by atoms with Crippen LogP contribution in [0.3, 0.4) is 0 Å². The standard InChI is InChI=1S/2C21H30O5/c2*1-20-7-6-13(24)8-12(20)2-3-14-15-4-5-16(18(26)10-22)21(15,11-23)9-17(25)19(14)20/h2*8,14-17,19,22-23,25H,2-7,9-11H2,1H3/t2*14-,15-,16+,17-,19+,20-,21+/m00/s1. The van der Waals surface area contributed by atoms with E-state index in [-0.39, 0.29) is 94.5 Å². The van der Waals surface area contributed by atoms with Crippen molar-refractivity contribution in [3.63, 3.8) is 0 Å². The molecule has 14 atom stereocenters. The van der Waals surface area contributed by atoms with Crippen molar-refractivity contribution in [3.8, 4) is 0 Å². The van der Waals surface area contributed by atoms with E-state index in [9.17, 15) is 49.8 Å². The van der Waals surface area contributed by atoms with Crippen LogP contribution in [0.2, 0.25) is 0 Å². The average Bonchev–Trinajstić information content (AvgIpc) is 3.71. The number of aliphatic hydroxyl groups excluding tert-OH is 6. The minimum atomic E-state index is -0.595. The molecule has 0 aromatic carbocycles. The van der Waals surface area contributed by atoms with Crippen LogP contribution in [-0.2, 0) is 19.2 Å².